The number of aliphatic hydroxyl groups excluding tert-OH is 1. The molecule has 1 spiro atoms. The number of amides is 1. The largest absolute Gasteiger partial charge is 0.456 e. The molecule has 5 aliphatic rings. The van der Waals surface area contributed by atoms with Gasteiger partial charge in [0.05, 0.1) is 42.3 Å². The molecule has 2 saturated heterocycles. The number of fused-ring (bicyclic) bond motifs is 6. The van der Waals surface area contributed by atoms with Crippen molar-refractivity contribution in [3.8, 4) is 0 Å². The quantitative estimate of drug-likeness (QED) is 0.0768. The molecule has 2 saturated carbocycles. The molecule has 2 bridgehead atoms. The minimum atomic E-state index is -2.23. The second-order valence-electron chi connectivity index (χ2n) is 18.0. The van der Waals surface area contributed by atoms with Gasteiger partial charge in [-0.15, -0.1) is 0 Å². The molecule has 2 unspecified atom stereocenters. The predicted octanol–water partition coefficient (Wildman–Crippen LogP) is 4.20. The number of Topliss-reactive ketones (excluding diaryl/α,β-unsaturated/α-hetero) is 1. The van der Waals surface area contributed by atoms with Crippen molar-refractivity contribution in [2.24, 2.45) is 16.7 Å². The Morgan fingerprint density at radius 3 is 2.05 bits per heavy atom. The Morgan fingerprint density at radius 2 is 1.49 bits per heavy atom. The highest BCUT2D eigenvalue weighted by atomic mass is 16.7. The zero-order valence-electron chi connectivity index (χ0n) is 36.0. The molecule has 3 aromatic carbocycles. The fraction of sp³-hybridized carbons (Fsp3) is 0.479. The molecule has 0 aromatic heterocycles. The zero-order valence-corrected chi connectivity index (χ0v) is 36.0. The number of rotatable bonds is 12. The van der Waals surface area contributed by atoms with Crippen molar-refractivity contribution in [1.29, 1.82) is 0 Å². The summed E-state index contributed by atoms with van der Waals surface area (Å²) in [5, 5.41) is 28.5. The average molecular weight is 868 g/mol. The number of hydrogen-bond donors (Lipinski definition) is 3. The number of aliphatic hydroxyl groups is 2. The van der Waals surface area contributed by atoms with E-state index in [9.17, 15) is 29.4 Å². The van der Waals surface area contributed by atoms with Crippen LogP contribution < -0.4 is 5.32 Å². The topological polar surface area (TPSA) is 206 Å². The van der Waals surface area contributed by atoms with Gasteiger partial charge in [-0.2, -0.15) is 0 Å². The number of carbonyl (C=O) groups excluding carboxylic acids is 5. The van der Waals surface area contributed by atoms with Gasteiger partial charge in [-0.05, 0) is 54.8 Å². The fourth-order valence-corrected chi connectivity index (χ4v) is 11.0. The molecule has 2 aliphatic heterocycles. The third-order valence-corrected chi connectivity index (χ3v) is 14.1. The van der Waals surface area contributed by atoms with E-state index in [0.717, 1.165) is 0 Å². The highest BCUT2D eigenvalue weighted by molar-refractivity contribution is 6.00. The van der Waals surface area contributed by atoms with Crippen molar-refractivity contribution in [2.45, 2.75) is 101 Å². The van der Waals surface area contributed by atoms with E-state index < -0.39 is 106 Å². The van der Waals surface area contributed by atoms with Crippen LogP contribution in [0.3, 0.4) is 0 Å². The molecule has 1 amide bonds. The summed E-state index contributed by atoms with van der Waals surface area (Å²) >= 11 is 0. The smallest absolute Gasteiger partial charge is 0.338 e. The molecule has 0 radical (unpaired) electrons. The van der Waals surface area contributed by atoms with Crippen molar-refractivity contribution in [3.63, 3.8) is 0 Å². The third kappa shape index (κ3) is 7.09. The summed E-state index contributed by atoms with van der Waals surface area (Å²) in [5.41, 5.74) is -7.21. The number of ether oxygens (including phenoxy) is 7. The van der Waals surface area contributed by atoms with Crippen LogP contribution in [0.25, 0.3) is 0 Å². The van der Waals surface area contributed by atoms with E-state index in [2.05, 4.69) is 5.32 Å². The monoisotopic (exact) mass is 867 g/mol. The summed E-state index contributed by atoms with van der Waals surface area (Å²) < 4.78 is 43.0. The second kappa shape index (κ2) is 16.4. The van der Waals surface area contributed by atoms with Crippen LogP contribution in [0.1, 0.15) is 79.8 Å². The number of esters is 3. The Bertz CT molecular complexity index is 2300. The molecule has 3 N–H and O–H groups in total. The van der Waals surface area contributed by atoms with Crippen LogP contribution in [0.4, 0.5) is 0 Å². The Labute approximate surface area is 365 Å². The van der Waals surface area contributed by atoms with E-state index in [0.29, 0.717) is 22.3 Å². The van der Waals surface area contributed by atoms with Crippen LogP contribution in [0, 0.1) is 16.7 Å². The molecular formula is C48H53NO14. The first-order valence-corrected chi connectivity index (χ1v) is 21.1. The second-order valence-corrected chi connectivity index (χ2v) is 18.0. The highest BCUT2D eigenvalue weighted by Gasteiger charge is 2.82. The first kappa shape index (κ1) is 44.3. The average Bonchev–Trinajstić information content (AvgIpc) is 4.06. The standard InChI is InChI=1S/C48H53NO14/c1-27-32(61-42(54)36(51)35(29-16-10-7-11-17-29)49-40(52)30-18-12-8-13-19-30)23-48(56)39(62-41(53)31-20-14-9-15-21-31)38-45(5,43(55)47(25-60-47)37(27)44(48,3)4)33(59-26-57-6)22-34-46(38,24-58-34)63-28(2)50/h7-21,32-36,38-39,51,56H,22-26H2,1-6H3,(H,49,52)/t32-,33-,34+,35-,36+,38?,39?,45+,46-,47-,48+/m0/s1. The van der Waals surface area contributed by atoms with Crippen LogP contribution >= 0.6 is 0 Å². The van der Waals surface area contributed by atoms with Crippen LogP contribution in [-0.2, 0) is 47.5 Å². The molecular weight excluding hydrogens is 815 g/mol. The maximum atomic E-state index is 15.9. The lowest BCUT2D eigenvalue weighted by atomic mass is 9.43. The third-order valence-electron chi connectivity index (χ3n) is 14.1. The van der Waals surface area contributed by atoms with Crippen LogP contribution in [0.2, 0.25) is 0 Å². The summed E-state index contributed by atoms with van der Waals surface area (Å²) in [6.07, 6.45) is -7.19. The molecule has 8 rings (SSSR count). The number of hydrogen-bond acceptors (Lipinski definition) is 14. The summed E-state index contributed by atoms with van der Waals surface area (Å²) in [4.78, 5) is 71.3. The number of epoxide rings is 1. The van der Waals surface area contributed by atoms with Crippen LogP contribution in [0.5, 0.6) is 0 Å². The first-order chi connectivity index (χ1) is 30.0. The van der Waals surface area contributed by atoms with Crippen LogP contribution in [0.15, 0.2) is 102 Å². The molecule has 63 heavy (non-hydrogen) atoms. The molecule has 11 atom stereocenters. The molecule has 2 heterocycles. The van der Waals surface area contributed by atoms with Crippen molar-refractivity contribution in [1.82, 2.24) is 5.32 Å². The summed E-state index contributed by atoms with van der Waals surface area (Å²) in [6, 6.07) is 23.6. The SMILES string of the molecule is COCO[C@H]1C[C@H]2OC[C@@]2(OC(C)=O)C2C(OC(=O)c3ccccc3)[C@]3(O)C[C@H](OC(=O)[C@H](O)[C@@H](NC(=O)c4ccccc4)c4ccccc4)C(C)=C(C3(C)C)[C@@]3(CO3)C(=O)[C@@]21C. The molecule has 15 heteroatoms. The molecule has 3 aliphatic carbocycles. The minimum Gasteiger partial charge on any atom is -0.456 e. The van der Waals surface area contributed by atoms with Crippen molar-refractivity contribution in [2.75, 3.05) is 27.1 Å². The van der Waals surface area contributed by atoms with Crippen molar-refractivity contribution >= 4 is 29.6 Å². The van der Waals surface area contributed by atoms with Crippen molar-refractivity contribution < 1.29 is 67.3 Å². The molecule has 3 aromatic rings. The van der Waals surface area contributed by atoms with Gasteiger partial charge < -0.3 is 48.7 Å². The van der Waals surface area contributed by atoms with Gasteiger partial charge in [0.1, 0.15) is 30.7 Å². The van der Waals surface area contributed by atoms with Gasteiger partial charge >= 0.3 is 17.9 Å². The number of nitrogens with one attached hydrogen (secondary N) is 1. The summed E-state index contributed by atoms with van der Waals surface area (Å²) in [5.74, 6) is -5.06. The van der Waals surface area contributed by atoms with E-state index >= 15 is 4.79 Å². The van der Waals surface area contributed by atoms with E-state index in [4.69, 9.17) is 33.2 Å². The zero-order chi connectivity index (χ0) is 45.1. The Hall–Kier alpha value is -5.29. The van der Waals surface area contributed by atoms with Crippen molar-refractivity contribution in [3.05, 3.63) is 119 Å². The molecule has 4 fully saturated rings. The Balaban J connectivity index is 1.27. The maximum Gasteiger partial charge on any atom is 0.338 e. The lowest BCUT2D eigenvalue weighted by Crippen LogP contribution is -2.82. The lowest BCUT2D eigenvalue weighted by molar-refractivity contribution is -0.351. The molecule has 334 valence electrons. The van der Waals surface area contributed by atoms with E-state index in [1.54, 1.807) is 119 Å². The van der Waals surface area contributed by atoms with E-state index in [-0.39, 0.29) is 32.0 Å². The minimum absolute atomic E-state index is 0.0756. The van der Waals surface area contributed by atoms with E-state index in [1.807, 2.05) is 0 Å². The molecule has 15 nitrogen and oxygen atoms in total. The van der Waals surface area contributed by atoms with Gasteiger partial charge in [-0.25, -0.2) is 9.59 Å². The number of methoxy groups -OCH3 is 1. The number of benzene rings is 3. The fourth-order valence-electron chi connectivity index (χ4n) is 11.0. The summed E-state index contributed by atoms with van der Waals surface area (Å²) in [6.45, 7) is 7.43. The van der Waals surface area contributed by atoms with Gasteiger partial charge in [0, 0.05) is 37.9 Å². The first-order valence-electron chi connectivity index (χ1n) is 21.1. The van der Waals surface area contributed by atoms with Gasteiger partial charge in [0.2, 0.25) is 0 Å². The highest BCUT2D eigenvalue weighted by Crippen LogP contribution is 2.68. The Kier molecular flexibility index (Phi) is 11.5. The number of ketones is 1. The predicted molar refractivity (Wildman–Crippen MR) is 222 cm³/mol. The van der Waals surface area contributed by atoms with Gasteiger partial charge in [0.15, 0.2) is 23.1 Å². The van der Waals surface area contributed by atoms with E-state index in [1.165, 1.54) is 14.0 Å². The maximum absolute atomic E-state index is 15.9. The Morgan fingerprint density at radius 1 is 0.889 bits per heavy atom. The normalized spacial score (nSPS) is 33.5. The summed E-state index contributed by atoms with van der Waals surface area (Å²) in [7, 11) is 1.43. The van der Waals surface area contributed by atoms with Gasteiger partial charge in [0.25, 0.3) is 5.91 Å². The van der Waals surface area contributed by atoms with Gasteiger partial charge in [-0.1, -0.05) is 80.6 Å². The number of carbonyl (C=O) groups is 5. The van der Waals surface area contributed by atoms with Gasteiger partial charge in [-0.3, -0.25) is 14.4 Å². The van der Waals surface area contributed by atoms with Crippen LogP contribution in [-0.4, -0.2) is 114 Å². The lowest BCUT2D eigenvalue weighted by Gasteiger charge is -2.68.